The summed E-state index contributed by atoms with van der Waals surface area (Å²) in [6, 6.07) is 15.8. The van der Waals surface area contributed by atoms with Crippen molar-refractivity contribution >= 4 is 11.6 Å². The molecule has 1 aliphatic heterocycles. The number of hydrogen-bond acceptors (Lipinski definition) is 4. The van der Waals surface area contributed by atoms with E-state index in [2.05, 4.69) is 15.1 Å². The van der Waals surface area contributed by atoms with Crippen LogP contribution < -0.4 is 10.1 Å². The van der Waals surface area contributed by atoms with E-state index < -0.39 is 0 Å². The molecule has 0 aromatic heterocycles. The fourth-order valence-corrected chi connectivity index (χ4v) is 3.10. The zero-order valence-electron chi connectivity index (χ0n) is 15.4. The van der Waals surface area contributed by atoms with Gasteiger partial charge in [0.15, 0.2) is 0 Å². The van der Waals surface area contributed by atoms with E-state index in [0.717, 1.165) is 45.0 Å². The molecule has 0 atom stereocenters. The number of para-hydroxylation sites is 1. The van der Waals surface area contributed by atoms with E-state index in [1.807, 2.05) is 30.3 Å². The molecule has 2 aromatic carbocycles. The number of benzene rings is 2. The summed E-state index contributed by atoms with van der Waals surface area (Å²) in [6.07, 6.45) is 0.410. The first kappa shape index (κ1) is 19.3. The third kappa shape index (κ3) is 6.66. The number of anilines is 1. The second-order valence-corrected chi connectivity index (χ2v) is 6.65. The number of amides is 1. The highest BCUT2D eigenvalue weighted by Gasteiger charge is 2.17. The van der Waals surface area contributed by atoms with Crippen LogP contribution in [0.15, 0.2) is 54.6 Å². The van der Waals surface area contributed by atoms with Gasteiger partial charge in [0.25, 0.3) is 0 Å². The Morgan fingerprint density at radius 3 is 2.37 bits per heavy atom. The van der Waals surface area contributed by atoms with Crippen LogP contribution in [0.25, 0.3) is 0 Å². The molecule has 2 aromatic rings. The molecule has 0 aliphatic carbocycles. The Kier molecular flexibility index (Phi) is 7.19. The molecule has 3 rings (SSSR count). The lowest BCUT2D eigenvalue weighted by molar-refractivity contribution is -0.116. The smallest absolute Gasteiger partial charge is 0.225 e. The van der Waals surface area contributed by atoms with Gasteiger partial charge in [0.2, 0.25) is 5.91 Å². The van der Waals surface area contributed by atoms with Crippen molar-refractivity contribution in [2.24, 2.45) is 0 Å². The molecule has 1 amide bonds. The summed E-state index contributed by atoms with van der Waals surface area (Å²) in [5.41, 5.74) is 0.503. The molecule has 5 nitrogen and oxygen atoms in total. The number of carbonyl (C=O) groups excluding carboxylic acids is 1. The SMILES string of the molecule is O=C(CCN1CCN(CCOc2ccccc2)CC1)Nc1cccc(F)c1. The third-order valence-electron chi connectivity index (χ3n) is 4.65. The number of nitrogens with zero attached hydrogens (tertiary/aromatic N) is 2. The van der Waals surface area contributed by atoms with E-state index in [-0.39, 0.29) is 11.7 Å². The second-order valence-electron chi connectivity index (χ2n) is 6.65. The molecule has 0 radical (unpaired) electrons. The highest BCUT2D eigenvalue weighted by atomic mass is 19.1. The Balaban J connectivity index is 1.29. The number of hydrogen-bond donors (Lipinski definition) is 1. The first-order valence-electron chi connectivity index (χ1n) is 9.37. The normalized spacial score (nSPS) is 15.4. The Morgan fingerprint density at radius 2 is 1.67 bits per heavy atom. The lowest BCUT2D eigenvalue weighted by atomic mass is 10.2. The zero-order valence-corrected chi connectivity index (χ0v) is 15.4. The first-order valence-corrected chi connectivity index (χ1v) is 9.37. The standard InChI is InChI=1S/C21H26FN3O2/c22-18-5-4-6-19(17-18)23-21(26)9-10-24-11-13-25(14-12-24)15-16-27-20-7-2-1-3-8-20/h1-8,17H,9-16H2,(H,23,26). The second kappa shape index (κ2) is 10.0. The molecular weight excluding hydrogens is 345 g/mol. The van der Waals surface area contributed by atoms with Gasteiger partial charge in [-0.25, -0.2) is 4.39 Å². The van der Waals surface area contributed by atoms with Crippen molar-refractivity contribution in [1.82, 2.24) is 9.80 Å². The van der Waals surface area contributed by atoms with Crippen LogP contribution in [0, 0.1) is 5.82 Å². The van der Waals surface area contributed by atoms with Crippen molar-refractivity contribution in [1.29, 1.82) is 0 Å². The fourth-order valence-electron chi connectivity index (χ4n) is 3.10. The van der Waals surface area contributed by atoms with Crippen LogP contribution in [0.4, 0.5) is 10.1 Å². The van der Waals surface area contributed by atoms with Gasteiger partial charge in [-0.3, -0.25) is 9.69 Å². The Bertz CT molecular complexity index is 718. The van der Waals surface area contributed by atoms with Crippen LogP contribution in [-0.2, 0) is 4.79 Å². The van der Waals surface area contributed by atoms with E-state index in [0.29, 0.717) is 18.7 Å². The van der Waals surface area contributed by atoms with Gasteiger partial charge in [-0.15, -0.1) is 0 Å². The molecule has 6 heteroatoms. The van der Waals surface area contributed by atoms with Crippen LogP contribution in [-0.4, -0.2) is 61.6 Å². The minimum Gasteiger partial charge on any atom is -0.492 e. The van der Waals surface area contributed by atoms with Crippen LogP contribution in [0.5, 0.6) is 5.75 Å². The molecule has 0 unspecified atom stereocenters. The van der Waals surface area contributed by atoms with Gasteiger partial charge in [0.05, 0.1) is 0 Å². The highest BCUT2D eigenvalue weighted by molar-refractivity contribution is 5.90. The van der Waals surface area contributed by atoms with Crippen molar-refractivity contribution < 1.29 is 13.9 Å². The van der Waals surface area contributed by atoms with Gasteiger partial charge in [0.1, 0.15) is 18.2 Å². The van der Waals surface area contributed by atoms with Gasteiger partial charge in [-0.1, -0.05) is 24.3 Å². The maximum absolute atomic E-state index is 13.1. The van der Waals surface area contributed by atoms with Gasteiger partial charge >= 0.3 is 0 Å². The van der Waals surface area contributed by atoms with E-state index in [4.69, 9.17) is 4.74 Å². The lowest BCUT2D eigenvalue weighted by Gasteiger charge is -2.34. The maximum atomic E-state index is 13.1. The molecule has 1 saturated heterocycles. The molecule has 144 valence electrons. The molecule has 27 heavy (non-hydrogen) atoms. The van der Waals surface area contributed by atoms with E-state index in [1.165, 1.54) is 12.1 Å². The summed E-state index contributed by atoms with van der Waals surface area (Å²) in [5.74, 6) is 0.472. The molecule has 0 bridgehead atoms. The topological polar surface area (TPSA) is 44.8 Å². The largest absolute Gasteiger partial charge is 0.492 e. The van der Waals surface area contributed by atoms with Gasteiger partial charge in [-0.05, 0) is 30.3 Å². The Hall–Kier alpha value is -2.44. The monoisotopic (exact) mass is 371 g/mol. The molecular formula is C21H26FN3O2. The highest BCUT2D eigenvalue weighted by Crippen LogP contribution is 2.11. The first-order chi connectivity index (χ1) is 13.2. The Labute approximate surface area is 159 Å². The van der Waals surface area contributed by atoms with Crippen LogP contribution >= 0.6 is 0 Å². The average Bonchev–Trinajstić information content (AvgIpc) is 2.68. The summed E-state index contributed by atoms with van der Waals surface area (Å²) < 4.78 is 18.9. The molecule has 1 heterocycles. The lowest BCUT2D eigenvalue weighted by Crippen LogP contribution is -2.48. The van der Waals surface area contributed by atoms with Crippen LogP contribution in [0.1, 0.15) is 6.42 Å². The average molecular weight is 371 g/mol. The quantitative estimate of drug-likeness (QED) is 0.775. The summed E-state index contributed by atoms with van der Waals surface area (Å²) >= 11 is 0. The van der Waals surface area contributed by atoms with Gasteiger partial charge < -0.3 is 15.0 Å². The van der Waals surface area contributed by atoms with Gasteiger partial charge in [-0.2, -0.15) is 0 Å². The summed E-state index contributed by atoms with van der Waals surface area (Å²) in [5, 5.41) is 2.74. The third-order valence-corrected chi connectivity index (χ3v) is 4.65. The summed E-state index contributed by atoms with van der Waals surface area (Å²) in [7, 11) is 0. The van der Waals surface area contributed by atoms with E-state index in [1.54, 1.807) is 12.1 Å². The summed E-state index contributed by atoms with van der Waals surface area (Å²) in [4.78, 5) is 16.7. The molecule has 0 spiro atoms. The van der Waals surface area contributed by atoms with Crippen LogP contribution in [0.2, 0.25) is 0 Å². The van der Waals surface area contributed by atoms with Crippen molar-refractivity contribution in [2.75, 3.05) is 51.2 Å². The van der Waals surface area contributed by atoms with E-state index in [9.17, 15) is 9.18 Å². The predicted molar refractivity (Wildman–Crippen MR) is 104 cm³/mol. The zero-order chi connectivity index (χ0) is 18.9. The number of halogens is 1. The molecule has 1 N–H and O–H groups in total. The van der Waals surface area contributed by atoms with Gasteiger partial charge in [0, 0.05) is 51.4 Å². The minimum atomic E-state index is -0.347. The van der Waals surface area contributed by atoms with Crippen molar-refractivity contribution in [3.05, 3.63) is 60.4 Å². The van der Waals surface area contributed by atoms with Crippen molar-refractivity contribution in [2.45, 2.75) is 6.42 Å². The number of nitrogens with one attached hydrogen (secondary N) is 1. The number of rotatable bonds is 8. The van der Waals surface area contributed by atoms with E-state index >= 15 is 0 Å². The van der Waals surface area contributed by atoms with Crippen molar-refractivity contribution in [3.63, 3.8) is 0 Å². The molecule has 1 aliphatic rings. The van der Waals surface area contributed by atoms with Crippen LogP contribution in [0.3, 0.4) is 0 Å². The summed E-state index contributed by atoms with van der Waals surface area (Å²) in [6.45, 7) is 6.14. The number of carbonyl (C=O) groups is 1. The molecule has 0 saturated carbocycles. The Morgan fingerprint density at radius 1 is 0.963 bits per heavy atom. The fraction of sp³-hybridized carbons (Fsp3) is 0.381. The van der Waals surface area contributed by atoms with Crippen molar-refractivity contribution in [3.8, 4) is 5.75 Å². The number of ether oxygens (including phenoxy) is 1. The molecule has 1 fully saturated rings. The number of piperazine rings is 1. The maximum Gasteiger partial charge on any atom is 0.225 e. The predicted octanol–water partition coefficient (Wildman–Crippen LogP) is 2.85. The minimum absolute atomic E-state index is 0.0840.